The zero-order valence-corrected chi connectivity index (χ0v) is 15.2. The number of carbonyl (C=O) groups excluding carboxylic acids is 1. The third-order valence-electron chi connectivity index (χ3n) is 4.25. The summed E-state index contributed by atoms with van der Waals surface area (Å²) in [7, 11) is 0. The fourth-order valence-corrected chi connectivity index (χ4v) is 2.63. The first-order valence-corrected chi connectivity index (χ1v) is 8.53. The van der Waals surface area contributed by atoms with Gasteiger partial charge in [-0.15, -0.1) is 0 Å². The number of ether oxygens (including phenoxy) is 1. The van der Waals surface area contributed by atoms with Crippen molar-refractivity contribution < 1.29 is 9.53 Å². The molecular formula is C21H27NO2. The summed E-state index contributed by atoms with van der Waals surface area (Å²) in [6, 6.07) is 14.3. The second kappa shape index (κ2) is 8.00. The van der Waals surface area contributed by atoms with E-state index >= 15 is 0 Å². The molecule has 0 unspecified atom stereocenters. The van der Waals surface area contributed by atoms with Gasteiger partial charge in [0.15, 0.2) is 6.10 Å². The van der Waals surface area contributed by atoms with E-state index in [2.05, 4.69) is 42.6 Å². The van der Waals surface area contributed by atoms with Gasteiger partial charge in [-0.25, -0.2) is 0 Å². The normalized spacial score (nSPS) is 13.2. The van der Waals surface area contributed by atoms with E-state index in [0.29, 0.717) is 0 Å². The molecule has 2 atom stereocenters. The van der Waals surface area contributed by atoms with Gasteiger partial charge < -0.3 is 10.1 Å². The van der Waals surface area contributed by atoms with Crippen molar-refractivity contribution in [1.29, 1.82) is 0 Å². The van der Waals surface area contributed by atoms with E-state index in [4.69, 9.17) is 4.74 Å². The first-order valence-electron chi connectivity index (χ1n) is 8.53. The lowest BCUT2D eigenvalue weighted by molar-refractivity contribution is -0.127. The van der Waals surface area contributed by atoms with Gasteiger partial charge in [-0.1, -0.05) is 48.9 Å². The maximum Gasteiger partial charge on any atom is 0.261 e. The highest BCUT2D eigenvalue weighted by atomic mass is 16.5. The fourth-order valence-electron chi connectivity index (χ4n) is 2.63. The number of rotatable bonds is 6. The Balaban J connectivity index is 1.97. The van der Waals surface area contributed by atoms with Crippen LogP contribution in [0.15, 0.2) is 42.5 Å². The lowest BCUT2D eigenvalue weighted by Crippen LogP contribution is -2.37. The quantitative estimate of drug-likeness (QED) is 0.848. The van der Waals surface area contributed by atoms with Crippen LogP contribution in [0.4, 0.5) is 0 Å². The van der Waals surface area contributed by atoms with Crippen LogP contribution < -0.4 is 10.1 Å². The molecule has 0 aliphatic rings. The number of hydrogen-bond acceptors (Lipinski definition) is 2. The number of carbonyl (C=O) groups is 1. The molecule has 0 bridgehead atoms. The highest BCUT2D eigenvalue weighted by Crippen LogP contribution is 2.20. The second-order valence-electron chi connectivity index (χ2n) is 6.35. The first-order chi connectivity index (χ1) is 11.4. The molecule has 0 saturated heterocycles. The van der Waals surface area contributed by atoms with E-state index in [0.717, 1.165) is 23.3 Å². The van der Waals surface area contributed by atoms with Gasteiger partial charge >= 0.3 is 0 Å². The standard InChI is InChI=1S/C21H27NO2/c1-6-18-8-10-19(11-9-18)16(4)22-21(23)17(5)24-20-12-7-14(2)13-15(20)3/h7-13,16-17H,6H2,1-5H3,(H,22,23)/t16-,17+/m0/s1. The lowest BCUT2D eigenvalue weighted by Gasteiger charge is -2.20. The minimum absolute atomic E-state index is 0.0476. The Morgan fingerprint density at radius 1 is 1.08 bits per heavy atom. The molecule has 1 amide bonds. The second-order valence-corrected chi connectivity index (χ2v) is 6.35. The minimum Gasteiger partial charge on any atom is -0.481 e. The van der Waals surface area contributed by atoms with Gasteiger partial charge in [0.25, 0.3) is 5.91 Å². The molecule has 0 heterocycles. The average molecular weight is 325 g/mol. The molecule has 3 nitrogen and oxygen atoms in total. The molecule has 0 aromatic heterocycles. The topological polar surface area (TPSA) is 38.3 Å². The molecule has 2 rings (SSSR count). The highest BCUT2D eigenvalue weighted by molar-refractivity contribution is 5.81. The van der Waals surface area contributed by atoms with Crippen molar-refractivity contribution in [1.82, 2.24) is 5.32 Å². The van der Waals surface area contributed by atoms with Crippen molar-refractivity contribution in [3.8, 4) is 5.75 Å². The Hall–Kier alpha value is -2.29. The monoisotopic (exact) mass is 325 g/mol. The third kappa shape index (κ3) is 4.60. The van der Waals surface area contributed by atoms with E-state index < -0.39 is 6.10 Å². The molecule has 0 aliphatic carbocycles. The van der Waals surface area contributed by atoms with Crippen LogP contribution in [0.25, 0.3) is 0 Å². The highest BCUT2D eigenvalue weighted by Gasteiger charge is 2.18. The van der Waals surface area contributed by atoms with E-state index in [-0.39, 0.29) is 11.9 Å². The van der Waals surface area contributed by atoms with Gasteiger partial charge in [-0.3, -0.25) is 4.79 Å². The van der Waals surface area contributed by atoms with E-state index in [1.807, 2.05) is 32.9 Å². The van der Waals surface area contributed by atoms with Crippen molar-refractivity contribution in [2.75, 3.05) is 0 Å². The maximum atomic E-state index is 12.4. The predicted molar refractivity (Wildman–Crippen MR) is 98.4 cm³/mol. The summed E-state index contributed by atoms with van der Waals surface area (Å²) in [6.07, 6.45) is 0.477. The van der Waals surface area contributed by atoms with Crippen molar-refractivity contribution >= 4 is 5.91 Å². The van der Waals surface area contributed by atoms with Gasteiger partial charge in [0.05, 0.1) is 6.04 Å². The van der Waals surface area contributed by atoms with Gasteiger partial charge in [-0.05, 0) is 56.9 Å². The SMILES string of the molecule is CCc1ccc([C@H](C)NC(=O)[C@@H](C)Oc2ccc(C)cc2C)cc1. The molecule has 0 radical (unpaired) electrons. The summed E-state index contributed by atoms with van der Waals surface area (Å²) in [5.41, 5.74) is 4.61. The lowest BCUT2D eigenvalue weighted by atomic mass is 10.0. The summed E-state index contributed by atoms with van der Waals surface area (Å²) < 4.78 is 5.82. The van der Waals surface area contributed by atoms with Crippen molar-refractivity contribution in [2.24, 2.45) is 0 Å². The Kier molecular flexibility index (Phi) is 6.02. The molecular weight excluding hydrogens is 298 g/mol. The largest absolute Gasteiger partial charge is 0.481 e. The molecule has 2 aromatic carbocycles. The molecule has 0 saturated carbocycles. The number of aryl methyl sites for hydroxylation is 3. The summed E-state index contributed by atoms with van der Waals surface area (Å²) in [5.74, 6) is 0.644. The summed E-state index contributed by atoms with van der Waals surface area (Å²) >= 11 is 0. The van der Waals surface area contributed by atoms with Crippen molar-refractivity contribution in [3.05, 3.63) is 64.7 Å². The number of hydrogen-bond donors (Lipinski definition) is 1. The van der Waals surface area contributed by atoms with Crippen LogP contribution in [-0.2, 0) is 11.2 Å². The molecule has 128 valence electrons. The fraction of sp³-hybridized carbons (Fsp3) is 0.381. The molecule has 2 aromatic rings. The number of benzene rings is 2. The Bertz CT molecular complexity index is 691. The Labute approximate surface area is 145 Å². The third-order valence-corrected chi connectivity index (χ3v) is 4.25. The molecule has 1 N–H and O–H groups in total. The summed E-state index contributed by atoms with van der Waals surface area (Å²) in [5, 5.41) is 3.02. The zero-order valence-electron chi connectivity index (χ0n) is 15.2. The van der Waals surface area contributed by atoms with E-state index in [9.17, 15) is 4.79 Å². The van der Waals surface area contributed by atoms with E-state index in [1.165, 1.54) is 11.1 Å². The first kappa shape index (κ1) is 18.1. The molecule has 0 spiro atoms. The van der Waals surface area contributed by atoms with Crippen LogP contribution in [0.2, 0.25) is 0 Å². The smallest absolute Gasteiger partial charge is 0.261 e. The number of nitrogens with one attached hydrogen (secondary N) is 1. The maximum absolute atomic E-state index is 12.4. The van der Waals surface area contributed by atoms with Crippen LogP contribution in [0.1, 0.15) is 49.1 Å². The van der Waals surface area contributed by atoms with Crippen LogP contribution in [-0.4, -0.2) is 12.0 Å². The van der Waals surface area contributed by atoms with Crippen LogP contribution in [0.3, 0.4) is 0 Å². The zero-order chi connectivity index (χ0) is 17.7. The van der Waals surface area contributed by atoms with Gasteiger partial charge in [0, 0.05) is 0 Å². The molecule has 24 heavy (non-hydrogen) atoms. The summed E-state index contributed by atoms with van der Waals surface area (Å²) in [6.45, 7) is 9.93. The predicted octanol–water partition coefficient (Wildman–Crippen LogP) is 4.51. The molecule has 3 heteroatoms. The van der Waals surface area contributed by atoms with Gasteiger partial charge in [-0.2, -0.15) is 0 Å². The van der Waals surface area contributed by atoms with Crippen molar-refractivity contribution in [2.45, 2.75) is 53.2 Å². The van der Waals surface area contributed by atoms with Gasteiger partial charge in [0.1, 0.15) is 5.75 Å². The summed E-state index contributed by atoms with van der Waals surface area (Å²) in [4.78, 5) is 12.4. The molecule has 0 fully saturated rings. The van der Waals surface area contributed by atoms with Crippen LogP contribution >= 0.6 is 0 Å². The van der Waals surface area contributed by atoms with E-state index in [1.54, 1.807) is 6.92 Å². The number of amides is 1. The van der Waals surface area contributed by atoms with Crippen molar-refractivity contribution in [3.63, 3.8) is 0 Å². The van der Waals surface area contributed by atoms with Crippen LogP contribution in [0.5, 0.6) is 5.75 Å². The Morgan fingerprint density at radius 3 is 2.33 bits per heavy atom. The molecule has 0 aliphatic heterocycles. The van der Waals surface area contributed by atoms with Gasteiger partial charge in [0.2, 0.25) is 0 Å². The average Bonchev–Trinajstić information content (AvgIpc) is 2.57. The minimum atomic E-state index is -0.538. The Morgan fingerprint density at radius 2 is 1.75 bits per heavy atom. The van der Waals surface area contributed by atoms with Crippen LogP contribution in [0, 0.1) is 13.8 Å².